The van der Waals surface area contributed by atoms with E-state index in [1.54, 1.807) is 0 Å². The largest absolute Gasteiger partial charge is 0.435 e. The lowest BCUT2D eigenvalue weighted by atomic mass is 9.92. The number of carbonyl (C=O) groups excluding carboxylic acids is 3. The summed E-state index contributed by atoms with van der Waals surface area (Å²) in [5, 5.41) is 4.88. The van der Waals surface area contributed by atoms with Crippen molar-refractivity contribution in [2.45, 2.75) is 19.1 Å². The molecule has 0 unspecified atom stereocenters. The Balaban J connectivity index is 1.72. The first kappa shape index (κ1) is 21.4. The summed E-state index contributed by atoms with van der Waals surface area (Å²) in [6.45, 7) is -2.25. The Morgan fingerprint density at radius 3 is 2.50 bits per heavy atom. The summed E-state index contributed by atoms with van der Waals surface area (Å²) in [7, 11) is 0. The number of anilines is 1. The number of hydrogen-bond donors (Lipinski definition) is 2. The number of urea groups is 1. The van der Waals surface area contributed by atoms with Gasteiger partial charge in [-0.1, -0.05) is 23.7 Å². The summed E-state index contributed by atoms with van der Waals surface area (Å²) in [5.74, 6) is -2.43. The molecule has 2 aromatic carbocycles. The van der Waals surface area contributed by atoms with Crippen LogP contribution < -0.4 is 15.4 Å². The highest BCUT2D eigenvalue weighted by atomic mass is 35.5. The summed E-state index contributed by atoms with van der Waals surface area (Å²) < 4.78 is 42.6. The monoisotopic (exact) mass is 441 g/mol. The van der Waals surface area contributed by atoms with Crippen molar-refractivity contribution in [3.05, 3.63) is 58.9 Å². The maximum Gasteiger partial charge on any atom is 0.387 e. The first-order valence-electron chi connectivity index (χ1n) is 8.54. The molecule has 0 spiro atoms. The van der Waals surface area contributed by atoms with E-state index >= 15 is 0 Å². The molecule has 0 saturated carbocycles. The van der Waals surface area contributed by atoms with Crippen LogP contribution in [0, 0.1) is 5.82 Å². The molecule has 1 saturated heterocycles. The van der Waals surface area contributed by atoms with Crippen LogP contribution >= 0.6 is 11.6 Å². The van der Waals surface area contributed by atoms with E-state index in [4.69, 9.17) is 11.6 Å². The number of carbonyl (C=O) groups is 3. The Bertz CT molecular complexity index is 1000. The molecule has 1 heterocycles. The lowest BCUT2D eigenvalue weighted by Crippen LogP contribution is -2.42. The van der Waals surface area contributed by atoms with Gasteiger partial charge in [-0.3, -0.25) is 14.5 Å². The molecule has 4 amide bonds. The minimum atomic E-state index is -3.00. The number of imide groups is 1. The molecule has 0 aliphatic carbocycles. The van der Waals surface area contributed by atoms with Gasteiger partial charge in [0.1, 0.15) is 23.7 Å². The van der Waals surface area contributed by atoms with Crippen LogP contribution in [0.1, 0.15) is 12.5 Å². The average Bonchev–Trinajstić information content (AvgIpc) is 2.88. The lowest BCUT2D eigenvalue weighted by Gasteiger charge is -2.22. The average molecular weight is 442 g/mol. The van der Waals surface area contributed by atoms with Crippen LogP contribution in [0.2, 0.25) is 5.02 Å². The Morgan fingerprint density at radius 2 is 1.90 bits per heavy atom. The molecule has 1 atom stereocenters. The van der Waals surface area contributed by atoms with E-state index in [1.165, 1.54) is 43.3 Å². The second-order valence-electron chi connectivity index (χ2n) is 6.52. The summed E-state index contributed by atoms with van der Waals surface area (Å²) in [6.07, 6.45) is 0. The molecule has 30 heavy (non-hydrogen) atoms. The van der Waals surface area contributed by atoms with Crippen molar-refractivity contribution in [2.24, 2.45) is 0 Å². The van der Waals surface area contributed by atoms with Gasteiger partial charge in [0, 0.05) is 5.02 Å². The summed E-state index contributed by atoms with van der Waals surface area (Å²) >= 11 is 5.65. The van der Waals surface area contributed by atoms with E-state index in [9.17, 15) is 27.6 Å². The molecule has 1 aliphatic rings. The van der Waals surface area contributed by atoms with Crippen LogP contribution in [-0.4, -0.2) is 35.9 Å². The number of alkyl halides is 2. The van der Waals surface area contributed by atoms with Crippen LogP contribution in [0.3, 0.4) is 0 Å². The zero-order chi connectivity index (χ0) is 22.1. The fourth-order valence-electron chi connectivity index (χ4n) is 2.93. The molecule has 0 radical (unpaired) electrons. The van der Waals surface area contributed by atoms with Gasteiger partial charge in [-0.05, 0) is 42.8 Å². The van der Waals surface area contributed by atoms with E-state index in [2.05, 4.69) is 15.4 Å². The highest BCUT2D eigenvalue weighted by Gasteiger charge is 2.49. The predicted molar refractivity (Wildman–Crippen MR) is 101 cm³/mol. The molecule has 1 fully saturated rings. The molecule has 3 rings (SSSR count). The second-order valence-corrected chi connectivity index (χ2v) is 6.96. The van der Waals surface area contributed by atoms with Crippen LogP contribution in [0.15, 0.2) is 42.5 Å². The molecule has 0 aromatic heterocycles. The molecule has 2 N–H and O–H groups in total. The van der Waals surface area contributed by atoms with E-state index in [-0.39, 0.29) is 16.5 Å². The highest BCUT2D eigenvalue weighted by Crippen LogP contribution is 2.30. The van der Waals surface area contributed by atoms with Crippen LogP contribution in [0.4, 0.5) is 23.7 Å². The van der Waals surface area contributed by atoms with Crippen molar-refractivity contribution in [1.82, 2.24) is 10.2 Å². The number of benzene rings is 2. The maximum atomic E-state index is 13.8. The second kappa shape index (κ2) is 8.23. The normalized spacial score (nSPS) is 18.5. The van der Waals surface area contributed by atoms with Crippen LogP contribution in [-0.2, 0) is 15.1 Å². The first-order valence-corrected chi connectivity index (χ1v) is 8.92. The van der Waals surface area contributed by atoms with Crippen molar-refractivity contribution in [3.63, 3.8) is 0 Å². The molecule has 7 nitrogen and oxygen atoms in total. The first-order chi connectivity index (χ1) is 14.1. The van der Waals surface area contributed by atoms with Crippen LogP contribution in [0.5, 0.6) is 5.75 Å². The van der Waals surface area contributed by atoms with E-state index < -0.39 is 42.4 Å². The van der Waals surface area contributed by atoms with E-state index in [0.29, 0.717) is 10.5 Å². The zero-order valence-corrected chi connectivity index (χ0v) is 16.2. The fourth-order valence-corrected chi connectivity index (χ4v) is 3.09. The Kier molecular flexibility index (Phi) is 5.88. The van der Waals surface area contributed by atoms with Crippen molar-refractivity contribution in [1.29, 1.82) is 0 Å². The van der Waals surface area contributed by atoms with Crippen molar-refractivity contribution >= 4 is 35.1 Å². The standard InChI is InChI=1S/C19H15ClF3N3O4/c1-19(10-2-5-12(6-3-10)30-17(22)23)16(28)26(18(29)25-19)9-15(27)24-14-7-4-11(20)8-13(14)21/h2-8,17H,9H2,1H3,(H,24,27)(H,25,29)/t19-/m0/s1. The Morgan fingerprint density at radius 1 is 1.23 bits per heavy atom. The predicted octanol–water partition coefficient (Wildman–Crippen LogP) is 3.49. The minimum Gasteiger partial charge on any atom is -0.435 e. The lowest BCUT2D eigenvalue weighted by molar-refractivity contribution is -0.133. The topological polar surface area (TPSA) is 87.7 Å². The van der Waals surface area contributed by atoms with Gasteiger partial charge in [-0.25, -0.2) is 9.18 Å². The summed E-state index contributed by atoms with van der Waals surface area (Å²) in [6, 6.07) is 7.94. The Labute approximate surface area is 173 Å². The molecular formula is C19H15ClF3N3O4. The van der Waals surface area contributed by atoms with Gasteiger partial charge in [0.2, 0.25) is 5.91 Å². The van der Waals surface area contributed by atoms with Gasteiger partial charge < -0.3 is 15.4 Å². The molecular weight excluding hydrogens is 427 g/mol. The number of nitrogens with zero attached hydrogens (tertiary/aromatic N) is 1. The van der Waals surface area contributed by atoms with Gasteiger partial charge in [0.25, 0.3) is 5.91 Å². The van der Waals surface area contributed by atoms with Crippen LogP contribution in [0.25, 0.3) is 0 Å². The number of hydrogen-bond acceptors (Lipinski definition) is 4. The quantitative estimate of drug-likeness (QED) is 0.672. The number of halogens is 4. The summed E-state index contributed by atoms with van der Waals surface area (Å²) in [4.78, 5) is 38.0. The SMILES string of the molecule is C[C@@]1(c2ccc(OC(F)F)cc2)NC(=O)N(CC(=O)Nc2ccc(Cl)cc2F)C1=O. The van der Waals surface area contributed by atoms with Crippen molar-refractivity contribution in [2.75, 3.05) is 11.9 Å². The molecule has 158 valence electrons. The number of rotatable bonds is 6. The molecule has 1 aliphatic heterocycles. The van der Waals surface area contributed by atoms with Gasteiger partial charge >= 0.3 is 12.6 Å². The van der Waals surface area contributed by atoms with Crippen molar-refractivity contribution < 1.29 is 32.3 Å². The van der Waals surface area contributed by atoms with Gasteiger partial charge in [0.15, 0.2) is 0 Å². The number of nitrogens with one attached hydrogen (secondary N) is 2. The molecule has 2 aromatic rings. The maximum absolute atomic E-state index is 13.8. The molecule has 11 heteroatoms. The Hall–Kier alpha value is -3.27. The van der Waals surface area contributed by atoms with Gasteiger partial charge in [-0.2, -0.15) is 8.78 Å². The van der Waals surface area contributed by atoms with E-state index in [0.717, 1.165) is 6.07 Å². The highest BCUT2D eigenvalue weighted by molar-refractivity contribution is 6.30. The summed E-state index contributed by atoms with van der Waals surface area (Å²) in [5.41, 5.74) is -1.38. The fraction of sp³-hybridized carbons (Fsp3) is 0.211. The van der Waals surface area contributed by atoms with Gasteiger partial charge in [0.05, 0.1) is 5.69 Å². The number of ether oxygens (including phenoxy) is 1. The third-order valence-corrected chi connectivity index (χ3v) is 4.67. The smallest absolute Gasteiger partial charge is 0.387 e. The number of amides is 4. The minimum absolute atomic E-state index is 0.115. The zero-order valence-electron chi connectivity index (χ0n) is 15.4. The molecule has 0 bridgehead atoms. The third-order valence-electron chi connectivity index (χ3n) is 4.44. The van der Waals surface area contributed by atoms with E-state index in [1.807, 2.05) is 0 Å². The van der Waals surface area contributed by atoms with Gasteiger partial charge in [-0.15, -0.1) is 0 Å². The van der Waals surface area contributed by atoms with Crippen molar-refractivity contribution in [3.8, 4) is 5.75 Å². The third kappa shape index (κ3) is 4.33.